The number of carbonyl (C=O) groups is 1. The molecule has 0 amide bonds. The minimum atomic E-state index is -0.129. The fourth-order valence-corrected chi connectivity index (χ4v) is 6.23. The quantitative estimate of drug-likeness (QED) is 0.227. The number of thiazole rings is 1. The van der Waals surface area contributed by atoms with Crippen molar-refractivity contribution in [2.45, 2.75) is 52.0 Å². The molecule has 0 saturated carbocycles. The number of aromatic nitrogens is 4. The Morgan fingerprint density at radius 2 is 1.93 bits per heavy atom. The fourth-order valence-electron chi connectivity index (χ4n) is 5.25. The summed E-state index contributed by atoms with van der Waals surface area (Å²) < 4.78 is 13.1. The summed E-state index contributed by atoms with van der Waals surface area (Å²) in [7, 11) is 2.10. The number of hydrogen-bond acceptors (Lipinski definition) is 9. The van der Waals surface area contributed by atoms with Crippen LogP contribution in [-0.2, 0) is 27.8 Å². The monoisotopic (exact) mass is 586 g/mol. The first-order valence-corrected chi connectivity index (χ1v) is 15.3. The largest absolute Gasteiger partial charge is 0.379 e. The van der Waals surface area contributed by atoms with Crippen molar-refractivity contribution < 1.29 is 14.1 Å². The normalized spacial score (nSPS) is 16.5. The number of hydrogen-bond donors (Lipinski definition) is 0. The van der Waals surface area contributed by atoms with E-state index in [0.717, 1.165) is 76.6 Å². The predicted octanol–water partition coefficient (Wildman–Crippen LogP) is 5.41. The van der Waals surface area contributed by atoms with Gasteiger partial charge in [0, 0.05) is 62.4 Å². The lowest BCUT2D eigenvalue weighted by atomic mass is 9.93. The maximum absolute atomic E-state index is 12.7. The Morgan fingerprint density at radius 3 is 2.67 bits per heavy atom. The van der Waals surface area contributed by atoms with Gasteiger partial charge in [-0.1, -0.05) is 61.5 Å². The molecular formula is C32H38N6O3S. The summed E-state index contributed by atoms with van der Waals surface area (Å²) in [6.45, 7) is 12.9. The summed E-state index contributed by atoms with van der Waals surface area (Å²) in [4.78, 5) is 29.1. The van der Waals surface area contributed by atoms with Gasteiger partial charge in [-0.2, -0.15) is 0 Å². The standard InChI is InChI=1S/C32H38N6O3S/c1-21-20-40-15-14-37(21)13-12-36(5)29-11-10-27-30(34-29)42-31-33-26(19-38(27)31)23-8-6-22(7-9-23)16-25(39)17-24-18-28(41-35-24)32(2,3)4/h6-11,18-19,21H,12-17,20H2,1-5H3/t21-/m0/s1. The highest BCUT2D eigenvalue weighted by Gasteiger charge is 2.21. The van der Waals surface area contributed by atoms with Gasteiger partial charge < -0.3 is 14.2 Å². The third-order valence-electron chi connectivity index (χ3n) is 7.89. The summed E-state index contributed by atoms with van der Waals surface area (Å²) in [5.41, 5.74) is 4.50. The topological polar surface area (TPSA) is 89.0 Å². The number of likely N-dealkylation sites (N-methyl/N-ethyl adjacent to an activating group) is 1. The number of pyridine rings is 1. The van der Waals surface area contributed by atoms with Gasteiger partial charge in [0.2, 0.25) is 0 Å². The van der Waals surface area contributed by atoms with E-state index >= 15 is 0 Å². The van der Waals surface area contributed by atoms with E-state index in [1.807, 2.05) is 30.3 Å². The first-order chi connectivity index (χ1) is 20.1. The van der Waals surface area contributed by atoms with E-state index in [-0.39, 0.29) is 17.6 Å². The summed E-state index contributed by atoms with van der Waals surface area (Å²) in [6.07, 6.45) is 2.69. The zero-order chi connectivity index (χ0) is 29.4. The van der Waals surface area contributed by atoms with Crippen LogP contribution in [0.2, 0.25) is 0 Å². The smallest absolute Gasteiger partial charge is 0.196 e. The lowest BCUT2D eigenvalue weighted by molar-refractivity contribution is -0.117. The van der Waals surface area contributed by atoms with Crippen LogP contribution >= 0.6 is 11.3 Å². The van der Waals surface area contributed by atoms with E-state index in [0.29, 0.717) is 18.2 Å². The number of ketones is 1. The molecule has 0 N–H and O–H groups in total. The van der Waals surface area contributed by atoms with Gasteiger partial charge in [0.1, 0.15) is 22.2 Å². The average Bonchev–Trinajstić information content (AvgIpc) is 3.67. The highest BCUT2D eigenvalue weighted by Crippen LogP contribution is 2.30. The summed E-state index contributed by atoms with van der Waals surface area (Å²) in [5.74, 6) is 1.87. The zero-order valence-corrected chi connectivity index (χ0v) is 25.8. The average molecular weight is 587 g/mol. The van der Waals surface area contributed by atoms with E-state index in [2.05, 4.69) is 72.4 Å². The molecule has 1 atom stereocenters. The van der Waals surface area contributed by atoms with Crippen LogP contribution in [0, 0.1) is 0 Å². The molecule has 1 saturated heterocycles. The van der Waals surface area contributed by atoms with Gasteiger partial charge in [-0.05, 0) is 24.6 Å². The Balaban J connectivity index is 1.10. The molecular weight excluding hydrogens is 548 g/mol. The van der Waals surface area contributed by atoms with E-state index in [1.165, 1.54) is 0 Å². The molecule has 220 valence electrons. The maximum Gasteiger partial charge on any atom is 0.196 e. The second-order valence-corrected chi connectivity index (χ2v) is 13.2. The lowest BCUT2D eigenvalue weighted by Gasteiger charge is -2.34. The molecule has 1 fully saturated rings. The minimum Gasteiger partial charge on any atom is -0.379 e. The second kappa shape index (κ2) is 11.6. The van der Waals surface area contributed by atoms with Crippen LogP contribution < -0.4 is 4.90 Å². The highest BCUT2D eigenvalue weighted by atomic mass is 32.1. The van der Waals surface area contributed by atoms with Crippen LogP contribution in [0.15, 0.2) is 53.2 Å². The van der Waals surface area contributed by atoms with Crippen molar-refractivity contribution >= 4 is 38.2 Å². The first-order valence-electron chi connectivity index (χ1n) is 14.5. The number of benzene rings is 1. The van der Waals surface area contributed by atoms with Crippen molar-refractivity contribution in [1.82, 2.24) is 24.4 Å². The number of rotatable bonds is 9. The lowest BCUT2D eigenvalue weighted by Crippen LogP contribution is -2.46. The number of imidazole rings is 1. The van der Waals surface area contributed by atoms with Gasteiger partial charge >= 0.3 is 0 Å². The van der Waals surface area contributed by atoms with Crippen LogP contribution in [0.25, 0.3) is 26.6 Å². The number of fused-ring (bicyclic) bond motifs is 3. The number of morpholine rings is 1. The van der Waals surface area contributed by atoms with Gasteiger partial charge in [0.25, 0.3) is 0 Å². The van der Waals surface area contributed by atoms with E-state index in [4.69, 9.17) is 19.2 Å². The van der Waals surface area contributed by atoms with Crippen molar-refractivity contribution in [3.05, 3.63) is 65.7 Å². The molecule has 1 aliphatic rings. The molecule has 0 radical (unpaired) electrons. The van der Waals surface area contributed by atoms with Gasteiger partial charge in [0.05, 0.1) is 36.5 Å². The van der Waals surface area contributed by atoms with Crippen molar-refractivity contribution in [3.8, 4) is 11.3 Å². The molecule has 0 unspecified atom stereocenters. The summed E-state index contributed by atoms with van der Waals surface area (Å²) in [5, 5.41) is 4.08. The SMILES string of the molecule is C[C@H]1COCCN1CCN(C)c1ccc2c(n1)sc1nc(-c3ccc(CC(=O)Cc4cc(C(C)(C)C)on4)cc3)cn12. The molecule has 0 aliphatic carbocycles. The molecule has 0 spiro atoms. The Morgan fingerprint density at radius 1 is 1.12 bits per heavy atom. The number of ether oxygens (including phenoxy) is 1. The molecule has 9 nitrogen and oxygen atoms in total. The number of nitrogens with zero attached hydrogens (tertiary/aromatic N) is 6. The Kier molecular flexibility index (Phi) is 7.87. The van der Waals surface area contributed by atoms with Crippen LogP contribution in [0.4, 0.5) is 5.82 Å². The van der Waals surface area contributed by atoms with Gasteiger partial charge in [-0.25, -0.2) is 9.97 Å². The predicted molar refractivity (Wildman–Crippen MR) is 167 cm³/mol. The van der Waals surface area contributed by atoms with Gasteiger partial charge in [-0.15, -0.1) is 0 Å². The Bertz CT molecular complexity index is 1700. The molecule has 6 rings (SSSR count). The number of anilines is 1. The van der Waals surface area contributed by atoms with Gasteiger partial charge in [0.15, 0.2) is 4.96 Å². The Labute approximate surface area is 250 Å². The third kappa shape index (κ3) is 6.11. The Hall–Kier alpha value is -3.60. The molecule has 42 heavy (non-hydrogen) atoms. The van der Waals surface area contributed by atoms with Crippen molar-refractivity contribution in [2.75, 3.05) is 44.8 Å². The zero-order valence-electron chi connectivity index (χ0n) is 25.0. The molecule has 10 heteroatoms. The van der Waals surface area contributed by atoms with Crippen LogP contribution in [0.1, 0.15) is 44.7 Å². The molecule has 5 heterocycles. The number of carbonyl (C=O) groups excluding carboxylic acids is 1. The van der Waals surface area contributed by atoms with Crippen LogP contribution in [0.5, 0.6) is 0 Å². The second-order valence-electron chi connectivity index (χ2n) is 12.3. The molecule has 4 aromatic heterocycles. The number of Topliss-reactive ketones (excluding diaryl/α,β-unsaturated/α-hetero) is 1. The third-order valence-corrected chi connectivity index (χ3v) is 8.86. The van der Waals surface area contributed by atoms with E-state index < -0.39 is 0 Å². The van der Waals surface area contributed by atoms with E-state index in [9.17, 15) is 4.79 Å². The maximum atomic E-state index is 12.7. The van der Waals surface area contributed by atoms with Crippen molar-refractivity contribution in [1.29, 1.82) is 0 Å². The van der Waals surface area contributed by atoms with E-state index in [1.54, 1.807) is 11.3 Å². The van der Waals surface area contributed by atoms with Crippen molar-refractivity contribution in [2.24, 2.45) is 0 Å². The minimum absolute atomic E-state index is 0.110. The highest BCUT2D eigenvalue weighted by molar-refractivity contribution is 7.23. The molecule has 0 bridgehead atoms. The van der Waals surface area contributed by atoms with Crippen molar-refractivity contribution in [3.63, 3.8) is 0 Å². The molecule has 5 aromatic rings. The first kappa shape index (κ1) is 28.5. The molecule has 1 aromatic carbocycles. The summed E-state index contributed by atoms with van der Waals surface area (Å²) in [6, 6.07) is 14.6. The van der Waals surface area contributed by atoms with Gasteiger partial charge in [-0.3, -0.25) is 14.1 Å². The fraction of sp³-hybridized carbons (Fsp3) is 0.438. The van der Waals surface area contributed by atoms with Crippen LogP contribution in [-0.4, -0.2) is 76.1 Å². The van der Waals surface area contributed by atoms with Crippen LogP contribution in [0.3, 0.4) is 0 Å². The summed E-state index contributed by atoms with van der Waals surface area (Å²) >= 11 is 1.60. The molecule has 1 aliphatic heterocycles.